The number of thiophene rings is 1. The minimum absolute atomic E-state index is 0.130. The van der Waals surface area contributed by atoms with Crippen LogP contribution in [0.15, 0.2) is 21.4 Å². The fraction of sp³-hybridized carbons (Fsp3) is 0.533. The van der Waals surface area contributed by atoms with E-state index in [-0.39, 0.29) is 16.7 Å². The van der Waals surface area contributed by atoms with E-state index in [1.54, 1.807) is 6.07 Å². The van der Waals surface area contributed by atoms with Crippen LogP contribution >= 0.6 is 23.1 Å². The highest BCUT2D eigenvalue weighted by molar-refractivity contribution is 8.00. The molecule has 3 heterocycles. The summed E-state index contributed by atoms with van der Waals surface area (Å²) in [5.74, 6) is 0.831. The van der Waals surface area contributed by atoms with Crippen LogP contribution in [-0.4, -0.2) is 39.1 Å². The molecule has 0 radical (unpaired) electrons. The van der Waals surface area contributed by atoms with Gasteiger partial charge in [0.1, 0.15) is 4.83 Å². The molecule has 2 aromatic heterocycles. The lowest BCUT2D eigenvalue weighted by molar-refractivity contribution is -0.131. The Kier molecular flexibility index (Phi) is 4.54. The van der Waals surface area contributed by atoms with Crippen molar-refractivity contribution in [1.82, 2.24) is 14.9 Å². The van der Waals surface area contributed by atoms with E-state index < -0.39 is 0 Å². The molecule has 1 fully saturated rings. The molecule has 0 spiro atoms. The van der Waals surface area contributed by atoms with Crippen LogP contribution in [0.3, 0.4) is 0 Å². The van der Waals surface area contributed by atoms with Gasteiger partial charge in [-0.2, -0.15) is 0 Å². The fourth-order valence-electron chi connectivity index (χ4n) is 2.61. The molecule has 22 heavy (non-hydrogen) atoms. The third-order valence-electron chi connectivity index (χ3n) is 4.04. The molecule has 1 N–H and O–H groups in total. The first-order valence-electron chi connectivity index (χ1n) is 7.47. The molecule has 3 rings (SSSR count). The Morgan fingerprint density at radius 3 is 2.95 bits per heavy atom. The number of nitrogens with one attached hydrogen (secondary N) is 1. The van der Waals surface area contributed by atoms with Gasteiger partial charge >= 0.3 is 0 Å². The van der Waals surface area contributed by atoms with E-state index in [1.807, 2.05) is 17.2 Å². The number of piperidine rings is 1. The molecule has 0 bridgehead atoms. The number of fused-ring (bicyclic) bond motifs is 1. The Morgan fingerprint density at radius 1 is 1.50 bits per heavy atom. The zero-order chi connectivity index (χ0) is 15.7. The van der Waals surface area contributed by atoms with Gasteiger partial charge in [-0.1, -0.05) is 18.7 Å². The molecule has 118 valence electrons. The van der Waals surface area contributed by atoms with Crippen molar-refractivity contribution < 1.29 is 4.79 Å². The van der Waals surface area contributed by atoms with Gasteiger partial charge in [-0.15, -0.1) is 11.3 Å². The smallest absolute Gasteiger partial charge is 0.260 e. The molecule has 1 atom stereocenters. The standard InChI is InChI=1S/C15H19N3O2S2/c1-9-3-6-18(7-4-9)14(20)10(2)22-15-16-12(19)11-5-8-21-13(11)17-15/h5,8-10H,3-4,6-7H2,1-2H3,(H,16,17,19). The summed E-state index contributed by atoms with van der Waals surface area (Å²) in [6.45, 7) is 5.77. The van der Waals surface area contributed by atoms with Gasteiger partial charge in [0.15, 0.2) is 5.16 Å². The molecular weight excluding hydrogens is 318 g/mol. The van der Waals surface area contributed by atoms with Crippen LogP contribution < -0.4 is 5.56 Å². The van der Waals surface area contributed by atoms with Gasteiger partial charge in [0.25, 0.3) is 5.56 Å². The van der Waals surface area contributed by atoms with E-state index in [2.05, 4.69) is 16.9 Å². The lowest BCUT2D eigenvalue weighted by Crippen LogP contribution is -2.41. The number of rotatable bonds is 3. The summed E-state index contributed by atoms with van der Waals surface area (Å²) in [4.78, 5) is 34.3. The summed E-state index contributed by atoms with van der Waals surface area (Å²) in [7, 11) is 0. The van der Waals surface area contributed by atoms with Crippen molar-refractivity contribution >= 4 is 39.2 Å². The predicted molar refractivity (Wildman–Crippen MR) is 90.5 cm³/mol. The number of carbonyl (C=O) groups excluding carboxylic acids is 1. The topological polar surface area (TPSA) is 66.1 Å². The molecule has 7 heteroatoms. The maximum absolute atomic E-state index is 12.5. The average Bonchev–Trinajstić information content (AvgIpc) is 2.96. The van der Waals surface area contributed by atoms with Gasteiger partial charge in [0.2, 0.25) is 5.91 Å². The summed E-state index contributed by atoms with van der Waals surface area (Å²) in [6, 6.07) is 1.77. The van der Waals surface area contributed by atoms with E-state index >= 15 is 0 Å². The molecule has 0 saturated carbocycles. The number of likely N-dealkylation sites (tertiary alicyclic amines) is 1. The van der Waals surface area contributed by atoms with Crippen molar-refractivity contribution in [3.63, 3.8) is 0 Å². The number of thioether (sulfide) groups is 1. The monoisotopic (exact) mass is 337 g/mol. The van der Waals surface area contributed by atoms with Crippen LogP contribution in [0.25, 0.3) is 10.2 Å². The molecule has 5 nitrogen and oxygen atoms in total. The van der Waals surface area contributed by atoms with Gasteiger partial charge in [-0.3, -0.25) is 9.59 Å². The summed E-state index contributed by atoms with van der Waals surface area (Å²) in [5, 5.41) is 2.74. The Hall–Kier alpha value is -1.34. The molecule has 0 aliphatic carbocycles. The minimum Gasteiger partial charge on any atom is -0.342 e. The van der Waals surface area contributed by atoms with Crippen molar-refractivity contribution in [1.29, 1.82) is 0 Å². The largest absolute Gasteiger partial charge is 0.342 e. The highest BCUT2D eigenvalue weighted by Crippen LogP contribution is 2.25. The maximum Gasteiger partial charge on any atom is 0.260 e. The number of hydrogen-bond donors (Lipinski definition) is 1. The number of hydrogen-bond acceptors (Lipinski definition) is 5. The van der Waals surface area contributed by atoms with Crippen molar-refractivity contribution in [3.05, 3.63) is 21.8 Å². The Bertz CT molecular complexity index is 732. The molecule has 1 aliphatic rings. The summed E-state index contributed by atoms with van der Waals surface area (Å²) in [6.07, 6.45) is 2.14. The normalized spacial score (nSPS) is 17.8. The number of aromatic amines is 1. The number of amides is 1. The van der Waals surface area contributed by atoms with Crippen LogP contribution in [0, 0.1) is 5.92 Å². The molecule has 2 aromatic rings. The van der Waals surface area contributed by atoms with Gasteiger partial charge in [-0.25, -0.2) is 4.98 Å². The summed E-state index contributed by atoms with van der Waals surface area (Å²) >= 11 is 2.77. The molecule has 1 amide bonds. The average molecular weight is 337 g/mol. The predicted octanol–water partition coefficient (Wildman–Crippen LogP) is 2.72. The quantitative estimate of drug-likeness (QED) is 0.691. The summed E-state index contributed by atoms with van der Waals surface area (Å²) in [5.41, 5.74) is -0.139. The molecule has 1 aliphatic heterocycles. The molecule has 1 saturated heterocycles. The second-order valence-corrected chi connectivity index (χ2v) is 8.00. The van der Waals surface area contributed by atoms with Crippen LogP contribution in [0.2, 0.25) is 0 Å². The minimum atomic E-state index is -0.242. The van der Waals surface area contributed by atoms with Crippen LogP contribution in [0.4, 0.5) is 0 Å². The van der Waals surface area contributed by atoms with E-state index in [0.29, 0.717) is 16.5 Å². The molecular formula is C15H19N3O2S2. The Balaban J connectivity index is 1.71. The lowest BCUT2D eigenvalue weighted by Gasteiger charge is -2.31. The highest BCUT2D eigenvalue weighted by Gasteiger charge is 2.25. The Morgan fingerprint density at radius 2 is 2.23 bits per heavy atom. The number of nitrogens with zero attached hydrogens (tertiary/aromatic N) is 2. The Labute approximate surface area is 137 Å². The van der Waals surface area contributed by atoms with Crippen LogP contribution in [0.5, 0.6) is 0 Å². The summed E-state index contributed by atoms with van der Waals surface area (Å²) < 4.78 is 0. The van der Waals surface area contributed by atoms with E-state index in [1.165, 1.54) is 23.1 Å². The van der Waals surface area contributed by atoms with E-state index in [4.69, 9.17) is 0 Å². The van der Waals surface area contributed by atoms with Crippen molar-refractivity contribution in [2.24, 2.45) is 5.92 Å². The maximum atomic E-state index is 12.5. The second-order valence-electron chi connectivity index (χ2n) is 5.78. The van der Waals surface area contributed by atoms with Gasteiger partial charge in [0, 0.05) is 13.1 Å². The van der Waals surface area contributed by atoms with E-state index in [0.717, 1.165) is 30.8 Å². The first-order chi connectivity index (χ1) is 10.5. The molecule has 1 unspecified atom stereocenters. The number of aromatic nitrogens is 2. The third-order valence-corrected chi connectivity index (χ3v) is 5.82. The van der Waals surface area contributed by atoms with E-state index in [9.17, 15) is 9.59 Å². The first-order valence-corrected chi connectivity index (χ1v) is 9.23. The second kappa shape index (κ2) is 6.42. The lowest BCUT2D eigenvalue weighted by atomic mass is 9.99. The van der Waals surface area contributed by atoms with Gasteiger partial charge in [-0.05, 0) is 37.1 Å². The first kappa shape index (κ1) is 15.6. The van der Waals surface area contributed by atoms with Crippen molar-refractivity contribution in [2.75, 3.05) is 13.1 Å². The SMILES string of the molecule is CC1CCN(C(=O)C(C)Sc2nc3sccc3c(=O)[nH]2)CC1. The zero-order valence-corrected chi connectivity index (χ0v) is 14.3. The van der Waals surface area contributed by atoms with Crippen LogP contribution in [0.1, 0.15) is 26.7 Å². The fourth-order valence-corrected chi connectivity index (χ4v) is 4.31. The molecule has 0 aromatic carbocycles. The number of carbonyl (C=O) groups is 1. The third kappa shape index (κ3) is 3.20. The van der Waals surface area contributed by atoms with Crippen LogP contribution in [-0.2, 0) is 4.79 Å². The number of H-pyrrole nitrogens is 1. The van der Waals surface area contributed by atoms with Gasteiger partial charge in [0.05, 0.1) is 10.6 Å². The zero-order valence-electron chi connectivity index (χ0n) is 12.7. The van der Waals surface area contributed by atoms with Crippen molar-refractivity contribution in [3.8, 4) is 0 Å². The van der Waals surface area contributed by atoms with Gasteiger partial charge < -0.3 is 9.88 Å². The van der Waals surface area contributed by atoms with Crippen molar-refractivity contribution in [2.45, 2.75) is 37.1 Å². The highest BCUT2D eigenvalue weighted by atomic mass is 32.2.